The van der Waals surface area contributed by atoms with E-state index in [0.29, 0.717) is 30.2 Å². The number of piperidine rings is 1. The van der Waals surface area contributed by atoms with Crippen LogP contribution in [0.25, 0.3) is 0 Å². The number of amides is 1. The highest BCUT2D eigenvalue weighted by molar-refractivity contribution is 7.92. The maximum Gasteiger partial charge on any atom is 0.246 e. The van der Waals surface area contributed by atoms with Gasteiger partial charge in [-0.2, -0.15) is 0 Å². The van der Waals surface area contributed by atoms with Crippen LogP contribution in [0.15, 0.2) is 24.3 Å². The van der Waals surface area contributed by atoms with Gasteiger partial charge in [-0.05, 0) is 49.9 Å². The Morgan fingerprint density at radius 2 is 1.78 bits per heavy atom. The summed E-state index contributed by atoms with van der Waals surface area (Å²) in [6, 6.07) is 5.81. The molecule has 1 aromatic carbocycles. The van der Waals surface area contributed by atoms with Crippen molar-refractivity contribution in [1.82, 2.24) is 4.90 Å². The second-order valence-corrected chi connectivity index (χ2v) is 8.14. The summed E-state index contributed by atoms with van der Waals surface area (Å²) in [4.78, 5) is 14.6. The molecule has 1 aromatic rings. The Kier molecular flexibility index (Phi) is 5.92. The molecule has 0 aromatic heterocycles. The van der Waals surface area contributed by atoms with Crippen LogP contribution in [-0.4, -0.2) is 44.6 Å². The summed E-state index contributed by atoms with van der Waals surface area (Å²) in [5.74, 6) is -0.118. The summed E-state index contributed by atoms with van der Waals surface area (Å²) < 4.78 is 25.9. The number of halogens is 1. The lowest BCUT2D eigenvalue weighted by Gasteiger charge is -2.35. The second-order valence-electron chi connectivity index (χ2n) is 5.85. The quantitative estimate of drug-likeness (QED) is 0.813. The Morgan fingerprint density at radius 1 is 1.22 bits per heavy atom. The molecule has 0 radical (unpaired) electrons. The molecule has 0 saturated carbocycles. The fourth-order valence-electron chi connectivity index (χ4n) is 2.96. The zero-order valence-corrected chi connectivity index (χ0v) is 15.1. The highest BCUT2D eigenvalue weighted by Crippen LogP contribution is 2.25. The van der Waals surface area contributed by atoms with Crippen molar-refractivity contribution in [3.63, 3.8) is 0 Å². The van der Waals surface area contributed by atoms with E-state index >= 15 is 0 Å². The van der Waals surface area contributed by atoms with Gasteiger partial charge in [0, 0.05) is 18.1 Å². The van der Waals surface area contributed by atoms with Gasteiger partial charge >= 0.3 is 0 Å². The predicted molar refractivity (Wildman–Crippen MR) is 93.3 cm³/mol. The largest absolute Gasteiger partial charge is 0.341 e. The number of benzene rings is 1. The number of anilines is 1. The molecule has 0 spiro atoms. The van der Waals surface area contributed by atoms with Crippen LogP contribution in [-0.2, 0) is 14.8 Å². The molecule has 0 aliphatic carbocycles. The number of carbonyl (C=O) groups is 1. The molecule has 2 rings (SSSR count). The highest BCUT2D eigenvalue weighted by Gasteiger charge is 2.34. The SMILES string of the molecule is CCC(C(=O)N1CCCCC1)N(c1ccc(Cl)cc1)S(C)(=O)=O. The smallest absolute Gasteiger partial charge is 0.246 e. The molecule has 1 fully saturated rings. The van der Waals surface area contributed by atoms with Crippen LogP contribution < -0.4 is 4.31 Å². The molecule has 0 bridgehead atoms. The van der Waals surface area contributed by atoms with Crippen LogP contribution in [0.4, 0.5) is 5.69 Å². The lowest BCUT2D eigenvalue weighted by Crippen LogP contribution is -2.51. The number of likely N-dealkylation sites (tertiary alicyclic amines) is 1. The van der Waals surface area contributed by atoms with Crippen LogP contribution in [0.1, 0.15) is 32.6 Å². The van der Waals surface area contributed by atoms with E-state index in [-0.39, 0.29) is 5.91 Å². The molecule has 1 aliphatic heterocycles. The third-order valence-electron chi connectivity index (χ3n) is 4.06. The first-order valence-electron chi connectivity index (χ1n) is 7.88. The zero-order valence-electron chi connectivity index (χ0n) is 13.5. The van der Waals surface area contributed by atoms with Gasteiger partial charge in [0.15, 0.2) is 0 Å². The third kappa shape index (κ3) is 4.38. The molecule has 1 saturated heterocycles. The maximum absolute atomic E-state index is 12.9. The van der Waals surface area contributed by atoms with Crippen LogP contribution in [0.5, 0.6) is 0 Å². The van der Waals surface area contributed by atoms with Gasteiger partial charge in [-0.3, -0.25) is 9.10 Å². The Hall–Kier alpha value is -1.27. The lowest BCUT2D eigenvalue weighted by atomic mass is 10.1. The van der Waals surface area contributed by atoms with Crippen LogP contribution in [0.3, 0.4) is 0 Å². The minimum absolute atomic E-state index is 0.118. The molecule has 23 heavy (non-hydrogen) atoms. The minimum atomic E-state index is -3.58. The number of sulfonamides is 1. The van der Waals surface area contributed by atoms with Gasteiger partial charge in [-0.15, -0.1) is 0 Å². The van der Waals surface area contributed by atoms with Gasteiger partial charge in [0.1, 0.15) is 6.04 Å². The molecule has 1 amide bonds. The van der Waals surface area contributed by atoms with Gasteiger partial charge in [0.05, 0.1) is 11.9 Å². The number of hydrogen-bond acceptors (Lipinski definition) is 3. The standard InChI is InChI=1S/C16H23ClN2O3S/c1-3-15(16(20)18-11-5-4-6-12-18)19(23(2,21)22)14-9-7-13(17)8-10-14/h7-10,15H,3-6,11-12H2,1-2H3. The Bertz CT molecular complexity index is 640. The summed E-state index contributed by atoms with van der Waals surface area (Å²) in [7, 11) is -3.58. The first-order chi connectivity index (χ1) is 10.8. The normalized spacial score (nSPS) is 16.9. The van der Waals surface area contributed by atoms with Crippen molar-refractivity contribution in [2.75, 3.05) is 23.7 Å². The van der Waals surface area contributed by atoms with E-state index in [1.54, 1.807) is 29.2 Å². The van der Waals surface area contributed by atoms with Crippen molar-refractivity contribution in [3.05, 3.63) is 29.3 Å². The highest BCUT2D eigenvalue weighted by atomic mass is 35.5. The molecule has 1 aliphatic rings. The summed E-state index contributed by atoms with van der Waals surface area (Å²) in [6.07, 6.45) is 4.62. The van der Waals surface area contributed by atoms with Gasteiger partial charge in [0.2, 0.25) is 15.9 Å². The van der Waals surface area contributed by atoms with E-state index in [9.17, 15) is 13.2 Å². The first-order valence-corrected chi connectivity index (χ1v) is 10.1. The average molecular weight is 359 g/mol. The number of rotatable bonds is 5. The van der Waals surface area contributed by atoms with E-state index in [0.717, 1.165) is 25.5 Å². The van der Waals surface area contributed by atoms with E-state index in [2.05, 4.69) is 0 Å². The predicted octanol–water partition coefficient (Wildman–Crippen LogP) is 2.90. The second kappa shape index (κ2) is 7.53. The van der Waals surface area contributed by atoms with Crippen molar-refractivity contribution in [1.29, 1.82) is 0 Å². The fraction of sp³-hybridized carbons (Fsp3) is 0.562. The van der Waals surface area contributed by atoms with E-state index < -0.39 is 16.1 Å². The third-order valence-corrected chi connectivity index (χ3v) is 5.49. The Labute approximate surface area is 143 Å². The van der Waals surface area contributed by atoms with Crippen LogP contribution in [0, 0.1) is 0 Å². The summed E-state index contributed by atoms with van der Waals surface area (Å²) in [5, 5.41) is 0.526. The molecule has 1 heterocycles. The maximum atomic E-state index is 12.9. The average Bonchev–Trinajstić information content (AvgIpc) is 2.53. The number of carbonyl (C=O) groups excluding carboxylic acids is 1. The van der Waals surface area contributed by atoms with Gasteiger partial charge in [0.25, 0.3) is 0 Å². The van der Waals surface area contributed by atoms with E-state index in [1.807, 2.05) is 6.92 Å². The minimum Gasteiger partial charge on any atom is -0.341 e. The van der Waals surface area contributed by atoms with Gasteiger partial charge in [-0.1, -0.05) is 18.5 Å². The molecule has 7 heteroatoms. The van der Waals surface area contributed by atoms with Crippen molar-refractivity contribution in [2.45, 2.75) is 38.6 Å². The molecule has 1 atom stereocenters. The molecular weight excluding hydrogens is 336 g/mol. The van der Waals surface area contributed by atoms with Crippen molar-refractivity contribution >= 4 is 33.2 Å². The lowest BCUT2D eigenvalue weighted by molar-refractivity contribution is -0.133. The molecule has 5 nitrogen and oxygen atoms in total. The molecular formula is C16H23ClN2O3S. The zero-order chi connectivity index (χ0) is 17.0. The molecule has 128 valence electrons. The topological polar surface area (TPSA) is 57.7 Å². The van der Waals surface area contributed by atoms with E-state index in [1.165, 1.54) is 4.31 Å². The summed E-state index contributed by atoms with van der Waals surface area (Å²) in [6.45, 7) is 3.24. The Balaban J connectivity index is 2.35. The monoisotopic (exact) mass is 358 g/mol. The van der Waals surface area contributed by atoms with Crippen molar-refractivity contribution in [3.8, 4) is 0 Å². The van der Waals surface area contributed by atoms with Crippen molar-refractivity contribution < 1.29 is 13.2 Å². The van der Waals surface area contributed by atoms with Gasteiger partial charge < -0.3 is 4.90 Å². The number of nitrogens with zero attached hydrogens (tertiary/aromatic N) is 2. The van der Waals surface area contributed by atoms with Crippen LogP contribution >= 0.6 is 11.6 Å². The molecule has 0 N–H and O–H groups in total. The summed E-state index contributed by atoms with van der Waals surface area (Å²) >= 11 is 5.89. The van der Waals surface area contributed by atoms with Gasteiger partial charge in [-0.25, -0.2) is 8.42 Å². The summed E-state index contributed by atoms with van der Waals surface area (Å²) in [5.41, 5.74) is 0.467. The number of hydrogen-bond donors (Lipinski definition) is 0. The van der Waals surface area contributed by atoms with Crippen molar-refractivity contribution in [2.24, 2.45) is 0 Å². The fourth-order valence-corrected chi connectivity index (χ4v) is 4.29. The van der Waals surface area contributed by atoms with Crippen LogP contribution in [0.2, 0.25) is 5.02 Å². The first kappa shape index (κ1) is 18.1. The Morgan fingerprint density at radius 3 is 2.26 bits per heavy atom. The van der Waals surface area contributed by atoms with E-state index in [4.69, 9.17) is 11.6 Å². The molecule has 1 unspecified atom stereocenters.